The summed E-state index contributed by atoms with van der Waals surface area (Å²) in [6.45, 7) is 4.59. The molecule has 0 aliphatic rings. The molecule has 0 saturated carbocycles. The SMILES string of the molecule is CC(C)N(Cc1cccc(N)c1)C(=O)c1ccc(Br)cc1. The van der Waals surface area contributed by atoms with Crippen LogP contribution in [0.5, 0.6) is 0 Å². The molecule has 3 nitrogen and oxygen atoms in total. The van der Waals surface area contributed by atoms with Gasteiger partial charge in [0.15, 0.2) is 0 Å². The number of hydrogen-bond donors (Lipinski definition) is 1. The third-order valence-corrected chi connectivity index (χ3v) is 3.81. The summed E-state index contributed by atoms with van der Waals surface area (Å²) >= 11 is 3.38. The second kappa shape index (κ2) is 6.76. The van der Waals surface area contributed by atoms with Crippen LogP contribution in [0, 0.1) is 0 Å². The maximum absolute atomic E-state index is 12.7. The molecule has 0 atom stereocenters. The number of carbonyl (C=O) groups is 1. The fourth-order valence-corrected chi connectivity index (χ4v) is 2.40. The Bertz CT molecular complexity index is 623. The predicted molar refractivity (Wildman–Crippen MR) is 90.0 cm³/mol. The number of anilines is 1. The molecular formula is C17H19BrN2O. The van der Waals surface area contributed by atoms with E-state index < -0.39 is 0 Å². The number of rotatable bonds is 4. The Kier molecular flexibility index (Phi) is 5.02. The highest BCUT2D eigenvalue weighted by molar-refractivity contribution is 9.10. The van der Waals surface area contributed by atoms with Gasteiger partial charge in [-0.3, -0.25) is 4.79 Å². The van der Waals surface area contributed by atoms with E-state index in [4.69, 9.17) is 5.73 Å². The number of carbonyl (C=O) groups excluding carboxylic acids is 1. The van der Waals surface area contributed by atoms with Crippen molar-refractivity contribution in [3.8, 4) is 0 Å². The third kappa shape index (κ3) is 4.08. The van der Waals surface area contributed by atoms with E-state index in [0.29, 0.717) is 17.8 Å². The summed E-state index contributed by atoms with van der Waals surface area (Å²) in [6, 6.07) is 15.2. The Morgan fingerprint density at radius 1 is 1.19 bits per heavy atom. The monoisotopic (exact) mass is 346 g/mol. The van der Waals surface area contributed by atoms with Crippen LogP contribution in [-0.2, 0) is 6.54 Å². The molecule has 0 aromatic heterocycles. The Morgan fingerprint density at radius 3 is 2.43 bits per heavy atom. The minimum atomic E-state index is 0.0277. The van der Waals surface area contributed by atoms with Crippen LogP contribution < -0.4 is 5.73 Å². The fourth-order valence-electron chi connectivity index (χ4n) is 2.14. The molecule has 0 fully saturated rings. The van der Waals surface area contributed by atoms with Gasteiger partial charge in [-0.2, -0.15) is 0 Å². The van der Waals surface area contributed by atoms with Gasteiger partial charge in [-0.25, -0.2) is 0 Å². The van der Waals surface area contributed by atoms with Crippen LogP contribution >= 0.6 is 15.9 Å². The molecule has 4 heteroatoms. The fraction of sp³-hybridized carbons (Fsp3) is 0.235. The van der Waals surface area contributed by atoms with Crippen LogP contribution in [0.15, 0.2) is 53.0 Å². The van der Waals surface area contributed by atoms with Gasteiger partial charge in [-0.05, 0) is 55.8 Å². The Hall–Kier alpha value is -1.81. The number of hydrogen-bond acceptors (Lipinski definition) is 2. The van der Waals surface area contributed by atoms with Gasteiger partial charge < -0.3 is 10.6 Å². The first kappa shape index (κ1) is 15.6. The minimum Gasteiger partial charge on any atom is -0.399 e. The molecule has 2 aromatic carbocycles. The van der Waals surface area contributed by atoms with Gasteiger partial charge in [0.05, 0.1) is 0 Å². The van der Waals surface area contributed by atoms with Crippen molar-refractivity contribution < 1.29 is 4.79 Å². The van der Waals surface area contributed by atoms with Crippen molar-refractivity contribution in [2.24, 2.45) is 0 Å². The summed E-state index contributed by atoms with van der Waals surface area (Å²) in [4.78, 5) is 14.5. The number of benzene rings is 2. The summed E-state index contributed by atoms with van der Waals surface area (Å²) in [5, 5.41) is 0. The third-order valence-electron chi connectivity index (χ3n) is 3.28. The first-order valence-electron chi connectivity index (χ1n) is 6.88. The molecule has 2 rings (SSSR count). The maximum atomic E-state index is 12.7. The van der Waals surface area contributed by atoms with Crippen molar-refractivity contribution in [2.45, 2.75) is 26.4 Å². The number of nitrogens with zero attached hydrogens (tertiary/aromatic N) is 1. The molecule has 0 heterocycles. The zero-order valence-electron chi connectivity index (χ0n) is 12.2. The Morgan fingerprint density at radius 2 is 1.86 bits per heavy atom. The normalized spacial score (nSPS) is 10.7. The lowest BCUT2D eigenvalue weighted by atomic mass is 10.1. The zero-order chi connectivity index (χ0) is 15.4. The lowest BCUT2D eigenvalue weighted by molar-refractivity contribution is 0.0690. The van der Waals surface area contributed by atoms with Gasteiger partial charge in [0.25, 0.3) is 5.91 Å². The highest BCUT2D eigenvalue weighted by atomic mass is 79.9. The van der Waals surface area contributed by atoms with E-state index in [1.54, 1.807) is 0 Å². The van der Waals surface area contributed by atoms with E-state index in [-0.39, 0.29) is 11.9 Å². The van der Waals surface area contributed by atoms with E-state index in [1.165, 1.54) is 0 Å². The van der Waals surface area contributed by atoms with Crippen molar-refractivity contribution in [1.29, 1.82) is 0 Å². The average Bonchev–Trinajstić information content (AvgIpc) is 2.44. The molecule has 0 bridgehead atoms. The molecule has 0 aliphatic heterocycles. The van der Waals surface area contributed by atoms with E-state index in [1.807, 2.05) is 67.3 Å². The Labute approximate surface area is 133 Å². The molecule has 0 unspecified atom stereocenters. The molecule has 0 spiro atoms. The number of nitrogen functional groups attached to an aromatic ring is 1. The summed E-state index contributed by atoms with van der Waals surface area (Å²) < 4.78 is 0.964. The largest absolute Gasteiger partial charge is 0.399 e. The van der Waals surface area contributed by atoms with E-state index >= 15 is 0 Å². The van der Waals surface area contributed by atoms with Gasteiger partial charge in [-0.1, -0.05) is 28.1 Å². The van der Waals surface area contributed by atoms with Crippen LogP contribution in [0.3, 0.4) is 0 Å². The van der Waals surface area contributed by atoms with Crippen LogP contribution in [0.2, 0.25) is 0 Å². The molecular weight excluding hydrogens is 328 g/mol. The molecule has 1 amide bonds. The lowest BCUT2D eigenvalue weighted by Crippen LogP contribution is -2.36. The molecule has 2 aromatic rings. The van der Waals surface area contributed by atoms with Crippen molar-refractivity contribution >= 4 is 27.5 Å². The van der Waals surface area contributed by atoms with Crippen LogP contribution in [0.1, 0.15) is 29.8 Å². The molecule has 110 valence electrons. The number of amides is 1. The van der Waals surface area contributed by atoms with Crippen molar-refractivity contribution in [2.75, 3.05) is 5.73 Å². The quantitative estimate of drug-likeness (QED) is 0.847. The Balaban J connectivity index is 2.22. The summed E-state index contributed by atoms with van der Waals surface area (Å²) in [7, 11) is 0. The van der Waals surface area contributed by atoms with E-state index in [0.717, 1.165) is 10.0 Å². The second-order valence-corrected chi connectivity index (χ2v) is 6.19. The smallest absolute Gasteiger partial charge is 0.254 e. The first-order valence-corrected chi connectivity index (χ1v) is 7.67. The molecule has 21 heavy (non-hydrogen) atoms. The van der Waals surface area contributed by atoms with Crippen molar-refractivity contribution in [3.63, 3.8) is 0 Å². The van der Waals surface area contributed by atoms with E-state index in [2.05, 4.69) is 15.9 Å². The number of halogens is 1. The topological polar surface area (TPSA) is 46.3 Å². The highest BCUT2D eigenvalue weighted by Gasteiger charge is 2.19. The molecule has 0 aliphatic carbocycles. The van der Waals surface area contributed by atoms with Crippen molar-refractivity contribution in [3.05, 3.63) is 64.1 Å². The minimum absolute atomic E-state index is 0.0277. The second-order valence-electron chi connectivity index (χ2n) is 5.28. The van der Waals surface area contributed by atoms with Gasteiger partial charge in [0.2, 0.25) is 0 Å². The molecule has 0 radical (unpaired) electrons. The van der Waals surface area contributed by atoms with Gasteiger partial charge in [0.1, 0.15) is 0 Å². The van der Waals surface area contributed by atoms with Crippen LogP contribution in [-0.4, -0.2) is 16.8 Å². The van der Waals surface area contributed by atoms with Gasteiger partial charge >= 0.3 is 0 Å². The summed E-state index contributed by atoms with van der Waals surface area (Å²) in [5.41, 5.74) is 8.25. The molecule has 0 saturated heterocycles. The average molecular weight is 347 g/mol. The molecule has 2 N–H and O–H groups in total. The first-order chi connectivity index (χ1) is 9.97. The van der Waals surface area contributed by atoms with Crippen LogP contribution in [0.4, 0.5) is 5.69 Å². The summed E-state index contributed by atoms with van der Waals surface area (Å²) in [5.74, 6) is 0.0277. The lowest BCUT2D eigenvalue weighted by Gasteiger charge is -2.27. The highest BCUT2D eigenvalue weighted by Crippen LogP contribution is 2.17. The maximum Gasteiger partial charge on any atom is 0.254 e. The standard InChI is InChI=1S/C17H19BrN2O/c1-12(2)20(11-13-4-3-5-16(19)10-13)17(21)14-6-8-15(18)9-7-14/h3-10,12H,11,19H2,1-2H3. The van der Waals surface area contributed by atoms with E-state index in [9.17, 15) is 4.79 Å². The van der Waals surface area contributed by atoms with Crippen LogP contribution in [0.25, 0.3) is 0 Å². The predicted octanol–water partition coefficient (Wildman–Crippen LogP) is 4.08. The zero-order valence-corrected chi connectivity index (χ0v) is 13.8. The summed E-state index contributed by atoms with van der Waals surface area (Å²) in [6.07, 6.45) is 0. The van der Waals surface area contributed by atoms with Gasteiger partial charge in [-0.15, -0.1) is 0 Å². The van der Waals surface area contributed by atoms with Crippen molar-refractivity contribution in [1.82, 2.24) is 4.90 Å². The van der Waals surface area contributed by atoms with Gasteiger partial charge in [0, 0.05) is 28.3 Å². The number of nitrogens with two attached hydrogens (primary N) is 1.